The summed E-state index contributed by atoms with van der Waals surface area (Å²) in [5, 5.41) is 18.8. The number of nitrogens with zero attached hydrogens (tertiary/aromatic N) is 1. The van der Waals surface area contributed by atoms with E-state index in [1.807, 2.05) is 0 Å². The summed E-state index contributed by atoms with van der Waals surface area (Å²) in [4.78, 5) is 9.59. The Labute approximate surface area is 86.3 Å². The highest BCUT2D eigenvalue weighted by Crippen LogP contribution is 2.21. The van der Waals surface area contributed by atoms with E-state index in [2.05, 4.69) is 0 Å². The molecule has 1 aromatic heterocycles. The number of aliphatic hydroxyl groups excluding tert-OH is 1. The van der Waals surface area contributed by atoms with Crippen LogP contribution >= 0.6 is 12.4 Å². The van der Waals surface area contributed by atoms with E-state index in [0.29, 0.717) is 12.2 Å². The molecule has 1 heterocycles. The monoisotopic (exact) mass is 222 g/mol. The molecule has 3 N–H and O–H groups in total. The van der Waals surface area contributed by atoms with E-state index in [0.717, 1.165) is 0 Å². The van der Waals surface area contributed by atoms with Crippen molar-refractivity contribution in [2.24, 2.45) is 5.73 Å². The van der Waals surface area contributed by atoms with Crippen molar-refractivity contribution in [3.05, 3.63) is 28.0 Å². The highest BCUT2D eigenvalue weighted by molar-refractivity contribution is 5.85. The van der Waals surface area contributed by atoms with Gasteiger partial charge in [-0.3, -0.25) is 10.1 Å². The molecule has 0 fully saturated rings. The first-order valence-corrected chi connectivity index (χ1v) is 3.75. The SMILES string of the molecule is Cl.N[C@@H](CCO)c1ccc([N+](=O)[O-])o1. The average molecular weight is 223 g/mol. The van der Waals surface area contributed by atoms with Crippen LogP contribution in [0.25, 0.3) is 0 Å². The number of aliphatic hydroxyl groups is 1. The fourth-order valence-corrected chi connectivity index (χ4v) is 0.921. The Morgan fingerprint density at radius 2 is 2.29 bits per heavy atom. The topological polar surface area (TPSA) is 103 Å². The van der Waals surface area contributed by atoms with Gasteiger partial charge >= 0.3 is 5.88 Å². The molecule has 0 spiro atoms. The molecule has 1 aromatic rings. The molecule has 1 rings (SSSR count). The van der Waals surface area contributed by atoms with Crippen molar-refractivity contribution >= 4 is 18.3 Å². The van der Waals surface area contributed by atoms with Crippen molar-refractivity contribution < 1.29 is 14.4 Å². The van der Waals surface area contributed by atoms with Gasteiger partial charge in [0.15, 0.2) is 0 Å². The quantitative estimate of drug-likeness (QED) is 0.584. The van der Waals surface area contributed by atoms with Crippen molar-refractivity contribution in [2.75, 3.05) is 6.61 Å². The van der Waals surface area contributed by atoms with Crippen LogP contribution in [0.3, 0.4) is 0 Å². The first-order valence-electron chi connectivity index (χ1n) is 3.75. The molecule has 0 unspecified atom stereocenters. The second-order valence-corrected chi connectivity index (χ2v) is 2.55. The third kappa shape index (κ3) is 2.99. The van der Waals surface area contributed by atoms with Gasteiger partial charge in [-0.05, 0) is 12.5 Å². The number of halogens is 1. The molecule has 0 bridgehead atoms. The Bertz CT molecular complexity index is 302. The summed E-state index contributed by atoms with van der Waals surface area (Å²) in [6, 6.07) is 2.20. The number of hydrogen-bond acceptors (Lipinski definition) is 5. The Balaban J connectivity index is 0.00000169. The van der Waals surface area contributed by atoms with Gasteiger partial charge in [0.2, 0.25) is 0 Å². The highest BCUT2D eigenvalue weighted by atomic mass is 35.5. The van der Waals surface area contributed by atoms with E-state index in [4.69, 9.17) is 15.3 Å². The summed E-state index contributed by atoms with van der Waals surface area (Å²) >= 11 is 0. The molecule has 0 saturated heterocycles. The lowest BCUT2D eigenvalue weighted by Gasteiger charge is -2.03. The van der Waals surface area contributed by atoms with Crippen LogP contribution in [-0.2, 0) is 0 Å². The smallest absolute Gasteiger partial charge is 0.404 e. The van der Waals surface area contributed by atoms with Crippen LogP contribution < -0.4 is 5.73 Å². The normalized spacial score (nSPS) is 11.9. The molecule has 7 heteroatoms. The average Bonchev–Trinajstić information content (AvgIpc) is 2.52. The lowest BCUT2D eigenvalue weighted by molar-refractivity contribution is -0.402. The zero-order valence-corrected chi connectivity index (χ0v) is 8.07. The van der Waals surface area contributed by atoms with Crippen LogP contribution in [0.4, 0.5) is 5.88 Å². The predicted octanol–water partition coefficient (Wildman–Crippen LogP) is 0.992. The van der Waals surface area contributed by atoms with Gasteiger partial charge in [0, 0.05) is 6.61 Å². The van der Waals surface area contributed by atoms with Crippen molar-refractivity contribution in [1.82, 2.24) is 0 Å². The molecule has 6 nitrogen and oxygen atoms in total. The summed E-state index contributed by atoms with van der Waals surface area (Å²) in [6.07, 6.45) is 0.324. The summed E-state index contributed by atoms with van der Waals surface area (Å²) < 4.78 is 4.82. The van der Waals surface area contributed by atoms with Crippen molar-refractivity contribution in [3.8, 4) is 0 Å². The third-order valence-electron chi connectivity index (χ3n) is 1.60. The van der Waals surface area contributed by atoms with Gasteiger partial charge in [-0.1, -0.05) is 0 Å². The Hall–Kier alpha value is -1.11. The molecular formula is C7H11ClN2O4. The molecular weight excluding hydrogens is 212 g/mol. The zero-order valence-electron chi connectivity index (χ0n) is 7.25. The van der Waals surface area contributed by atoms with Gasteiger partial charge < -0.3 is 15.3 Å². The number of nitrogens with two attached hydrogens (primary N) is 1. The number of rotatable bonds is 4. The van der Waals surface area contributed by atoms with Crippen LogP contribution in [0.2, 0.25) is 0 Å². The molecule has 0 aliphatic carbocycles. The third-order valence-corrected chi connectivity index (χ3v) is 1.60. The lowest BCUT2D eigenvalue weighted by Crippen LogP contribution is -2.10. The standard InChI is InChI=1S/C7H10N2O4.ClH/c8-5(3-4-10)6-1-2-7(13-6)9(11)12;/h1-2,5,10H,3-4,8H2;1H/t5-;/m0./s1. The number of hydrogen-bond donors (Lipinski definition) is 2. The van der Waals surface area contributed by atoms with Crippen LogP contribution in [-0.4, -0.2) is 16.6 Å². The number of nitro groups is 1. The molecule has 0 aromatic carbocycles. The Morgan fingerprint density at radius 3 is 2.71 bits per heavy atom. The van der Waals surface area contributed by atoms with Gasteiger partial charge in [-0.25, -0.2) is 0 Å². The second-order valence-electron chi connectivity index (χ2n) is 2.55. The van der Waals surface area contributed by atoms with Crippen LogP contribution in [0.15, 0.2) is 16.5 Å². The zero-order chi connectivity index (χ0) is 9.84. The van der Waals surface area contributed by atoms with Gasteiger partial charge in [-0.15, -0.1) is 12.4 Å². The highest BCUT2D eigenvalue weighted by Gasteiger charge is 2.15. The minimum Gasteiger partial charge on any atom is -0.404 e. The molecule has 0 aliphatic rings. The summed E-state index contributed by atoms with van der Waals surface area (Å²) in [5.41, 5.74) is 5.54. The largest absolute Gasteiger partial charge is 0.433 e. The van der Waals surface area contributed by atoms with E-state index < -0.39 is 11.0 Å². The predicted molar refractivity (Wildman–Crippen MR) is 51.2 cm³/mol. The minimum atomic E-state index is -0.630. The summed E-state index contributed by atoms with van der Waals surface area (Å²) in [6.45, 7) is -0.0737. The van der Waals surface area contributed by atoms with E-state index >= 15 is 0 Å². The molecule has 80 valence electrons. The van der Waals surface area contributed by atoms with E-state index in [9.17, 15) is 10.1 Å². The van der Waals surface area contributed by atoms with E-state index in [-0.39, 0.29) is 24.9 Å². The van der Waals surface area contributed by atoms with Gasteiger partial charge in [-0.2, -0.15) is 0 Å². The first kappa shape index (κ1) is 12.9. The molecule has 0 saturated carbocycles. The van der Waals surface area contributed by atoms with Crippen molar-refractivity contribution in [2.45, 2.75) is 12.5 Å². The van der Waals surface area contributed by atoms with Crippen LogP contribution in [0, 0.1) is 10.1 Å². The maximum atomic E-state index is 10.2. The Morgan fingerprint density at radius 1 is 1.64 bits per heavy atom. The van der Waals surface area contributed by atoms with E-state index in [1.54, 1.807) is 0 Å². The second kappa shape index (κ2) is 5.58. The molecule has 0 amide bonds. The summed E-state index contributed by atoms with van der Waals surface area (Å²) in [7, 11) is 0. The van der Waals surface area contributed by atoms with Crippen molar-refractivity contribution in [3.63, 3.8) is 0 Å². The van der Waals surface area contributed by atoms with Crippen LogP contribution in [0.1, 0.15) is 18.2 Å². The van der Waals surface area contributed by atoms with Gasteiger partial charge in [0.25, 0.3) is 0 Å². The molecule has 1 atom stereocenters. The fourth-order valence-electron chi connectivity index (χ4n) is 0.921. The lowest BCUT2D eigenvalue weighted by atomic mass is 10.2. The summed E-state index contributed by atoms with van der Waals surface area (Å²) in [5.74, 6) is -0.0101. The van der Waals surface area contributed by atoms with Crippen LogP contribution in [0.5, 0.6) is 0 Å². The molecule has 0 aliphatic heterocycles. The number of furan rings is 1. The maximum Gasteiger partial charge on any atom is 0.433 e. The minimum absolute atomic E-state index is 0. The van der Waals surface area contributed by atoms with Gasteiger partial charge in [0.05, 0.1) is 12.1 Å². The Kier molecular flexibility index (Phi) is 5.14. The fraction of sp³-hybridized carbons (Fsp3) is 0.429. The van der Waals surface area contributed by atoms with Crippen molar-refractivity contribution in [1.29, 1.82) is 0 Å². The molecule has 14 heavy (non-hydrogen) atoms. The first-order chi connectivity index (χ1) is 6.15. The maximum absolute atomic E-state index is 10.2. The van der Waals surface area contributed by atoms with Gasteiger partial charge in [0.1, 0.15) is 10.7 Å². The molecule has 0 radical (unpaired) electrons. The van der Waals surface area contributed by atoms with E-state index in [1.165, 1.54) is 12.1 Å².